The summed E-state index contributed by atoms with van der Waals surface area (Å²) in [5.74, 6) is -0.666. The zero-order valence-electron chi connectivity index (χ0n) is 14.6. The van der Waals surface area contributed by atoms with Crippen LogP contribution in [0.4, 0.5) is 0 Å². The standard InChI is InChI=1S/C9H18O2.C6H15NO6/c1-2-3-4-5-6-7-8-9(10)11;8-1-4-11-7(12-5-2-9)13-6-3-10/h2-8H2,1H3,(H,10,11);8-10H,1-6H2. The fraction of sp³-hybridized carbons (Fsp3) is 0.933. The lowest BCUT2D eigenvalue weighted by Crippen LogP contribution is -2.28. The van der Waals surface area contributed by atoms with E-state index in [1.807, 2.05) is 0 Å². The summed E-state index contributed by atoms with van der Waals surface area (Å²) in [7, 11) is 0. The predicted molar refractivity (Wildman–Crippen MR) is 86.6 cm³/mol. The topological polar surface area (TPSA) is 129 Å². The van der Waals surface area contributed by atoms with Crippen LogP contribution in [0.3, 0.4) is 0 Å². The first-order chi connectivity index (χ1) is 11.6. The second-order valence-electron chi connectivity index (χ2n) is 4.81. The quantitative estimate of drug-likeness (QED) is 0.235. The Morgan fingerprint density at radius 3 is 1.58 bits per heavy atom. The molecule has 0 rings (SSSR count). The first kappa shape index (κ1) is 25.4. The van der Waals surface area contributed by atoms with Crippen molar-refractivity contribution >= 4 is 5.97 Å². The molecule has 146 valence electrons. The third kappa shape index (κ3) is 23.5. The normalized spacial score (nSPS) is 10.5. The molecule has 0 saturated heterocycles. The third-order valence-corrected chi connectivity index (χ3v) is 2.61. The van der Waals surface area contributed by atoms with Crippen molar-refractivity contribution in [3.63, 3.8) is 0 Å². The summed E-state index contributed by atoms with van der Waals surface area (Å²) >= 11 is 0. The number of aliphatic hydroxyl groups excluding tert-OH is 3. The van der Waals surface area contributed by atoms with E-state index in [4.69, 9.17) is 34.9 Å². The first-order valence-electron chi connectivity index (χ1n) is 8.35. The Morgan fingerprint density at radius 1 is 0.792 bits per heavy atom. The van der Waals surface area contributed by atoms with Gasteiger partial charge in [0, 0.05) is 6.42 Å². The van der Waals surface area contributed by atoms with E-state index in [0.29, 0.717) is 11.8 Å². The van der Waals surface area contributed by atoms with Crippen LogP contribution in [0.25, 0.3) is 0 Å². The van der Waals surface area contributed by atoms with Gasteiger partial charge in [0.2, 0.25) is 0 Å². The van der Waals surface area contributed by atoms with Crippen LogP contribution < -0.4 is 0 Å². The molecule has 0 bridgehead atoms. The van der Waals surface area contributed by atoms with Gasteiger partial charge in [0.05, 0.1) is 45.0 Å². The molecule has 0 aromatic heterocycles. The van der Waals surface area contributed by atoms with Crippen molar-refractivity contribution in [3.8, 4) is 0 Å². The number of aliphatic carboxylic acids is 1. The average molecular weight is 355 g/mol. The lowest BCUT2D eigenvalue weighted by atomic mass is 10.1. The van der Waals surface area contributed by atoms with Crippen LogP contribution in [-0.4, -0.2) is 71.4 Å². The number of nitrogens with zero attached hydrogens (tertiary/aromatic N) is 1. The molecule has 0 saturated carbocycles. The average Bonchev–Trinajstić information content (AvgIpc) is 2.57. The molecule has 4 N–H and O–H groups in total. The van der Waals surface area contributed by atoms with Crippen molar-refractivity contribution in [2.24, 2.45) is 0 Å². The van der Waals surface area contributed by atoms with E-state index in [2.05, 4.69) is 6.92 Å². The molecule has 0 fully saturated rings. The highest BCUT2D eigenvalue weighted by Crippen LogP contribution is 2.06. The van der Waals surface area contributed by atoms with E-state index in [1.54, 1.807) is 0 Å². The van der Waals surface area contributed by atoms with E-state index in [0.717, 1.165) is 12.8 Å². The molecule has 0 aliphatic rings. The van der Waals surface area contributed by atoms with Crippen LogP contribution in [-0.2, 0) is 19.3 Å². The molecule has 24 heavy (non-hydrogen) atoms. The van der Waals surface area contributed by atoms with E-state index < -0.39 is 5.97 Å². The fourth-order valence-electron chi connectivity index (χ4n) is 1.51. The zero-order valence-corrected chi connectivity index (χ0v) is 14.6. The highest BCUT2D eigenvalue weighted by molar-refractivity contribution is 5.66. The molecule has 9 heteroatoms. The molecule has 0 atom stereocenters. The number of hydrogen-bond acceptors (Lipinski definition) is 8. The molecule has 9 nitrogen and oxygen atoms in total. The number of carboxylic acid groups (broad SMARTS) is 1. The van der Waals surface area contributed by atoms with Gasteiger partial charge in [0.15, 0.2) is 0 Å². The number of carbonyl (C=O) groups is 1. The maximum atomic E-state index is 10.1. The van der Waals surface area contributed by atoms with Gasteiger partial charge < -0.3 is 20.4 Å². The molecule has 0 aliphatic carbocycles. The monoisotopic (exact) mass is 355 g/mol. The number of unbranched alkanes of at least 4 members (excludes halogenated alkanes) is 5. The van der Waals surface area contributed by atoms with Crippen molar-refractivity contribution < 1.29 is 39.7 Å². The van der Waals surface area contributed by atoms with Gasteiger partial charge in [0.25, 0.3) is 0 Å². The summed E-state index contributed by atoms with van der Waals surface area (Å²) in [6.45, 7) is 1.67. The van der Waals surface area contributed by atoms with Gasteiger partial charge in [-0.25, -0.2) is 14.5 Å². The Bertz CT molecular complexity index is 237. The van der Waals surface area contributed by atoms with Gasteiger partial charge in [0.1, 0.15) is 0 Å². The van der Waals surface area contributed by atoms with Crippen molar-refractivity contribution in [1.29, 1.82) is 0 Å². The predicted octanol–water partition coefficient (Wildman–Crippen LogP) is 0.882. The lowest BCUT2D eigenvalue weighted by Gasteiger charge is -2.17. The van der Waals surface area contributed by atoms with Crippen LogP contribution in [0.1, 0.15) is 51.9 Å². The maximum Gasteiger partial charge on any atom is 0.303 e. The van der Waals surface area contributed by atoms with Crippen LogP contribution in [0, 0.1) is 0 Å². The molecular formula is C15H33NO8. The van der Waals surface area contributed by atoms with Crippen molar-refractivity contribution in [1.82, 2.24) is 5.39 Å². The summed E-state index contributed by atoms with van der Waals surface area (Å²) in [5, 5.41) is 34.2. The van der Waals surface area contributed by atoms with Gasteiger partial charge in [-0.15, -0.1) is 0 Å². The van der Waals surface area contributed by atoms with E-state index >= 15 is 0 Å². The molecule has 0 aromatic carbocycles. The second kappa shape index (κ2) is 22.2. The van der Waals surface area contributed by atoms with Crippen molar-refractivity contribution in [2.45, 2.75) is 51.9 Å². The summed E-state index contributed by atoms with van der Waals surface area (Å²) < 4.78 is 0. The Morgan fingerprint density at radius 2 is 1.21 bits per heavy atom. The molecule has 0 aromatic rings. The molecule has 0 spiro atoms. The number of aliphatic hydroxyl groups is 3. The van der Waals surface area contributed by atoms with E-state index in [9.17, 15) is 4.79 Å². The molecule has 0 amide bonds. The fourth-order valence-corrected chi connectivity index (χ4v) is 1.51. The van der Waals surface area contributed by atoms with Gasteiger partial charge in [-0.05, 0) is 6.42 Å². The van der Waals surface area contributed by atoms with Gasteiger partial charge in [-0.2, -0.15) is 0 Å². The Balaban J connectivity index is 0. The Kier molecular flexibility index (Phi) is 23.5. The highest BCUT2D eigenvalue weighted by atomic mass is 17.2. The number of hydrogen-bond donors (Lipinski definition) is 4. The minimum atomic E-state index is -0.666. The molecule has 0 heterocycles. The maximum absolute atomic E-state index is 10.1. The van der Waals surface area contributed by atoms with Gasteiger partial charge >= 0.3 is 5.97 Å². The smallest absolute Gasteiger partial charge is 0.303 e. The lowest BCUT2D eigenvalue weighted by molar-refractivity contribution is -0.527. The van der Waals surface area contributed by atoms with Crippen LogP contribution >= 0.6 is 0 Å². The van der Waals surface area contributed by atoms with E-state index in [-0.39, 0.29) is 39.6 Å². The Hall–Kier alpha value is -0.810. The van der Waals surface area contributed by atoms with Gasteiger partial charge in [-0.3, -0.25) is 4.79 Å². The zero-order chi connectivity index (χ0) is 18.5. The number of carboxylic acids is 1. The largest absolute Gasteiger partial charge is 0.481 e. The van der Waals surface area contributed by atoms with Crippen LogP contribution in [0.5, 0.6) is 0 Å². The number of rotatable bonds is 16. The molecule has 0 unspecified atom stereocenters. The Labute approximate surface area is 143 Å². The van der Waals surface area contributed by atoms with E-state index in [1.165, 1.54) is 25.7 Å². The highest BCUT2D eigenvalue weighted by Gasteiger charge is 2.05. The summed E-state index contributed by atoms with van der Waals surface area (Å²) in [4.78, 5) is 24.2. The minimum Gasteiger partial charge on any atom is -0.481 e. The second-order valence-corrected chi connectivity index (χ2v) is 4.81. The van der Waals surface area contributed by atoms with Gasteiger partial charge in [-0.1, -0.05) is 39.0 Å². The van der Waals surface area contributed by atoms with Crippen LogP contribution in [0.15, 0.2) is 0 Å². The van der Waals surface area contributed by atoms with Crippen molar-refractivity contribution in [2.75, 3.05) is 39.6 Å². The summed E-state index contributed by atoms with van der Waals surface area (Å²) in [5.41, 5.74) is 0. The van der Waals surface area contributed by atoms with Crippen LogP contribution in [0.2, 0.25) is 0 Å². The minimum absolute atomic E-state index is 0.0108. The first-order valence-corrected chi connectivity index (χ1v) is 8.35. The SMILES string of the molecule is CCCCCCCCC(=O)O.OCCON(OCCO)OCCO. The molecular weight excluding hydrogens is 322 g/mol. The summed E-state index contributed by atoms with van der Waals surface area (Å²) in [6.07, 6.45) is 7.25. The molecule has 0 aliphatic heterocycles. The summed E-state index contributed by atoms with van der Waals surface area (Å²) in [6, 6.07) is 0. The third-order valence-electron chi connectivity index (χ3n) is 2.61. The molecule has 0 radical (unpaired) electrons. The van der Waals surface area contributed by atoms with Crippen molar-refractivity contribution in [3.05, 3.63) is 0 Å².